The van der Waals surface area contributed by atoms with Crippen LogP contribution >= 0.6 is 0 Å². The maximum atomic E-state index is 11.8. The SMILES string of the molecule is CC(C)(C)c1ccc(C=CC(=O)Nc2ccc[nH+]c2)cc1. The first kappa shape index (κ1) is 15.0. The first-order chi connectivity index (χ1) is 9.95. The van der Waals surface area contributed by atoms with Crippen LogP contribution in [0.5, 0.6) is 0 Å². The molecular weight excluding hydrogens is 260 g/mol. The summed E-state index contributed by atoms with van der Waals surface area (Å²) < 4.78 is 0. The first-order valence-corrected chi connectivity index (χ1v) is 7.01. The van der Waals surface area contributed by atoms with Gasteiger partial charge in [0.05, 0.1) is 0 Å². The van der Waals surface area contributed by atoms with Gasteiger partial charge in [-0.1, -0.05) is 45.0 Å². The molecule has 3 heteroatoms. The third-order valence-corrected chi connectivity index (χ3v) is 3.18. The average molecular weight is 281 g/mol. The van der Waals surface area contributed by atoms with Crippen molar-refractivity contribution in [1.29, 1.82) is 0 Å². The molecule has 2 aromatic rings. The number of benzene rings is 1. The van der Waals surface area contributed by atoms with Crippen LogP contribution < -0.4 is 10.3 Å². The third-order valence-electron chi connectivity index (χ3n) is 3.18. The monoisotopic (exact) mass is 281 g/mol. The van der Waals surface area contributed by atoms with Gasteiger partial charge in [0, 0.05) is 12.1 Å². The molecule has 108 valence electrons. The molecule has 21 heavy (non-hydrogen) atoms. The molecule has 0 spiro atoms. The van der Waals surface area contributed by atoms with Gasteiger partial charge < -0.3 is 5.32 Å². The summed E-state index contributed by atoms with van der Waals surface area (Å²) in [5.41, 5.74) is 3.18. The number of hydrogen-bond acceptors (Lipinski definition) is 1. The minimum atomic E-state index is -0.144. The fourth-order valence-electron chi connectivity index (χ4n) is 1.92. The molecule has 0 radical (unpaired) electrons. The van der Waals surface area contributed by atoms with Gasteiger partial charge in [0.2, 0.25) is 5.91 Å². The van der Waals surface area contributed by atoms with Crippen LogP contribution in [0.3, 0.4) is 0 Å². The predicted octanol–water partition coefficient (Wildman–Crippen LogP) is 3.45. The van der Waals surface area contributed by atoms with E-state index in [2.05, 4.69) is 43.2 Å². The van der Waals surface area contributed by atoms with E-state index in [-0.39, 0.29) is 11.3 Å². The Kier molecular flexibility index (Phi) is 4.53. The van der Waals surface area contributed by atoms with Crippen molar-refractivity contribution in [3.8, 4) is 0 Å². The summed E-state index contributed by atoms with van der Waals surface area (Å²) >= 11 is 0. The van der Waals surface area contributed by atoms with Gasteiger partial charge in [-0.25, -0.2) is 4.98 Å². The molecule has 0 unspecified atom stereocenters. The standard InChI is InChI=1S/C18H20N2O/c1-18(2,3)15-9-6-14(7-10-15)8-11-17(21)20-16-5-4-12-19-13-16/h4-13H,1-3H3,(H,20,21)/p+1. The molecule has 2 N–H and O–H groups in total. The van der Waals surface area contributed by atoms with Crippen LogP contribution in [-0.2, 0) is 10.2 Å². The molecule has 1 aromatic heterocycles. The molecule has 0 fully saturated rings. The second kappa shape index (κ2) is 6.35. The Hall–Kier alpha value is -2.42. The lowest BCUT2D eigenvalue weighted by Gasteiger charge is -2.18. The normalized spacial score (nSPS) is 11.6. The van der Waals surface area contributed by atoms with Crippen LogP contribution in [-0.4, -0.2) is 5.91 Å². The highest BCUT2D eigenvalue weighted by Crippen LogP contribution is 2.22. The van der Waals surface area contributed by atoms with Crippen molar-refractivity contribution in [1.82, 2.24) is 0 Å². The fraction of sp³-hybridized carbons (Fsp3) is 0.222. The summed E-state index contributed by atoms with van der Waals surface area (Å²) in [7, 11) is 0. The summed E-state index contributed by atoms with van der Waals surface area (Å²) in [6.45, 7) is 6.55. The van der Waals surface area contributed by atoms with Crippen LogP contribution in [0.1, 0.15) is 31.9 Å². The Morgan fingerprint density at radius 1 is 1.14 bits per heavy atom. The van der Waals surface area contributed by atoms with Crippen LogP contribution in [0.4, 0.5) is 5.69 Å². The van der Waals surface area contributed by atoms with E-state index in [0.717, 1.165) is 11.3 Å². The van der Waals surface area contributed by atoms with Crippen LogP contribution in [0.25, 0.3) is 6.08 Å². The Bertz CT molecular complexity index is 623. The number of amides is 1. The van der Waals surface area contributed by atoms with Crippen LogP contribution in [0, 0.1) is 0 Å². The van der Waals surface area contributed by atoms with E-state index in [1.165, 1.54) is 5.56 Å². The number of hydrogen-bond donors (Lipinski definition) is 1. The molecule has 1 heterocycles. The van der Waals surface area contributed by atoms with Gasteiger partial charge in [0.1, 0.15) is 5.69 Å². The topological polar surface area (TPSA) is 43.2 Å². The van der Waals surface area contributed by atoms with Gasteiger partial charge in [-0.15, -0.1) is 0 Å². The van der Waals surface area contributed by atoms with Crippen molar-refractivity contribution in [2.24, 2.45) is 0 Å². The smallest absolute Gasteiger partial charge is 0.248 e. The van der Waals surface area contributed by atoms with Crippen molar-refractivity contribution in [2.75, 3.05) is 5.32 Å². The number of carbonyl (C=O) groups is 1. The molecular formula is C18H21N2O+. The fourth-order valence-corrected chi connectivity index (χ4v) is 1.92. The number of H-pyrrole nitrogens is 1. The maximum absolute atomic E-state index is 11.8. The predicted molar refractivity (Wildman–Crippen MR) is 85.8 cm³/mol. The first-order valence-electron chi connectivity index (χ1n) is 7.01. The molecule has 0 atom stereocenters. The third kappa shape index (κ3) is 4.56. The van der Waals surface area contributed by atoms with E-state index in [1.807, 2.05) is 30.3 Å². The zero-order chi connectivity index (χ0) is 15.3. The molecule has 1 amide bonds. The molecule has 0 saturated carbocycles. The second-order valence-electron chi connectivity index (χ2n) is 5.99. The lowest BCUT2D eigenvalue weighted by molar-refractivity contribution is -0.377. The van der Waals surface area contributed by atoms with Gasteiger partial charge in [-0.3, -0.25) is 4.79 Å². The van der Waals surface area contributed by atoms with Gasteiger partial charge in [0.15, 0.2) is 12.4 Å². The Labute approximate surface area is 125 Å². The largest absolute Gasteiger partial charge is 0.317 e. The van der Waals surface area contributed by atoms with E-state index in [0.29, 0.717) is 0 Å². The van der Waals surface area contributed by atoms with Gasteiger partial charge in [-0.2, -0.15) is 0 Å². The number of nitrogens with one attached hydrogen (secondary N) is 2. The molecule has 0 aliphatic heterocycles. The maximum Gasteiger partial charge on any atom is 0.248 e. The summed E-state index contributed by atoms with van der Waals surface area (Å²) in [6, 6.07) is 11.9. The van der Waals surface area contributed by atoms with Crippen LogP contribution in [0.2, 0.25) is 0 Å². The molecule has 0 aliphatic carbocycles. The van der Waals surface area contributed by atoms with Crippen molar-refractivity contribution in [2.45, 2.75) is 26.2 Å². The highest BCUT2D eigenvalue weighted by molar-refractivity contribution is 6.01. The summed E-state index contributed by atoms with van der Waals surface area (Å²) in [6.07, 6.45) is 6.89. The number of anilines is 1. The molecule has 3 nitrogen and oxygen atoms in total. The number of rotatable bonds is 3. The summed E-state index contributed by atoms with van der Waals surface area (Å²) in [4.78, 5) is 14.7. The zero-order valence-corrected chi connectivity index (χ0v) is 12.7. The van der Waals surface area contributed by atoms with E-state index in [9.17, 15) is 4.79 Å². The Balaban J connectivity index is 1.99. The van der Waals surface area contributed by atoms with Crippen molar-refractivity contribution in [3.63, 3.8) is 0 Å². The van der Waals surface area contributed by atoms with Crippen molar-refractivity contribution < 1.29 is 9.78 Å². The lowest BCUT2D eigenvalue weighted by atomic mass is 9.87. The molecule has 0 bridgehead atoms. The van der Waals surface area contributed by atoms with E-state index >= 15 is 0 Å². The Morgan fingerprint density at radius 3 is 2.43 bits per heavy atom. The summed E-state index contributed by atoms with van der Waals surface area (Å²) in [5.74, 6) is -0.144. The number of aromatic amines is 1. The average Bonchev–Trinajstić information content (AvgIpc) is 2.46. The van der Waals surface area contributed by atoms with E-state index in [1.54, 1.807) is 18.5 Å². The molecule has 2 rings (SSSR count). The Morgan fingerprint density at radius 2 is 1.86 bits per heavy atom. The minimum Gasteiger partial charge on any atom is -0.317 e. The van der Waals surface area contributed by atoms with Crippen molar-refractivity contribution in [3.05, 3.63) is 66.0 Å². The van der Waals surface area contributed by atoms with Gasteiger partial charge >= 0.3 is 0 Å². The molecule has 0 aliphatic rings. The molecule has 1 aromatic carbocycles. The molecule has 0 saturated heterocycles. The lowest BCUT2D eigenvalue weighted by Crippen LogP contribution is -2.11. The minimum absolute atomic E-state index is 0.142. The zero-order valence-electron chi connectivity index (χ0n) is 12.7. The van der Waals surface area contributed by atoms with Crippen LogP contribution in [0.15, 0.2) is 54.9 Å². The van der Waals surface area contributed by atoms with E-state index in [4.69, 9.17) is 0 Å². The highest BCUT2D eigenvalue weighted by atomic mass is 16.1. The van der Waals surface area contributed by atoms with Crippen molar-refractivity contribution >= 4 is 17.7 Å². The van der Waals surface area contributed by atoms with Gasteiger partial charge in [-0.05, 0) is 28.7 Å². The second-order valence-corrected chi connectivity index (χ2v) is 5.99. The quantitative estimate of drug-likeness (QED) is 0.860. The summed E-state index contributed by atoms with van der Waals surface area (Å²) in [5, 5.41) is 2.79. The van der Waals surface area contributed by atoms with Gasteiger partial charge in [0.25, 0.3) is 0 Å². The highest BCUT2D eigenvalue weighted by Gasteiger charge is 2.12. The number of carbonyl (C=O) groups excluding carboxylic acids is 1. The van der Waals surface area contributed by atoms with E-state index < -0.39 is 0 Å². The number of aromatic nitrogens is 1. The number of pyridine rings is 1.